The molecule has 3 aromatic rings. The Hall–Kier alpha value is -2.70. The van der Waals surface area contributed by atoms with Crippen molar-refractivity contribution in [2.75, 3.05) is 18.9 Å². The first kappa shape index (κ1) is 21.0. The molecule has 0 bridgehead atoms. The van der Waals surface area contributed by atoms with Gasteiger partial charge in [-0.05, 0) is 46.9 Å². The number of hydrogen-bond acceptors (Lipinski definition) is 3. The molecule has 0 heterocycles. The molecule has 0 atom stereocenters. The molecule has 0 radical (unpaired) electrons. The van der Waals surface area contributed by atoms with Crippen LogP contribution in [-0.2, 0) is 27.7 Å². The van der Waals surface area contributed by atoms with Crippen LogP contribution in [0.4, 0.5) is 5.69 Å². The van der Waals surface area contributed by atoms with Gasteiger partial charge in [0.1, 0.15) is 0 Å². The van der Waals surface area contributed by atoms with Gasteiger partial charge in [0.15, 0.2) is 0 Å². The average Bonchev–Trinajstić information content (AvgIpc) is 2.73. The van der Waals surface area contributed by atoms with Crippen molar-refractivity contribution in [3.05, 3.63) is 71.8 Å². The summed E-state index contributed by atoms with van der Waals surface area (Å²) in [6.45, 7) is 3.80. The highest BCUT2D eigenvalue weighted by atomic mass is 32.2. The van der Waals surface area contributed by atoms with E-state index in [1.807, 2.05) is 56.3 Å². The molecular weight excluding hydrogens is 384 g/mol. The fourth-order valence-corrected chi connectivity index (χ4v) is 4.54. The van der Waals surface area contributed by atoms with E-state index in [0.29, 0.717) is 0 Å². The number of sulfonamides is 1. The lowest BCUT2D eigenvalue weighted by Gasteiger charge is -2.19. The predicted molar refractivity (Wildman–Crippen MR) is 118 cm³/mol. The molecule has 5 nitrogen and oxygen atoms in total. The Morgan fingerprint density at radius 2 is 1.52 bits per heavy atom. The fourth-order valence-electron chi connectivity index (χ4n) is 3.38. The van der Waals surface area contributed by atoms with Crippen molar-refractivity contribution in [2.45, 2.75) is 31.6 Å². The summed E-state index contributed by atoms with van der Waals surface area (Å²) in [6.07, 6.45) is 1.57. The highest BCUT2D eigenvalue weighted by Gasteiger charge is 2.23. The van der Waals surface area contributed by atoms with Gasteiger partial charge in [-0.3, -0.25) is 4.79 Å². The molecule has 0 unspecified atom stereocenters. The minimum absolute atomic E-state index is 0.176. The number of carbonyl (C=O) groups is 1. The van der Waals surface area contributed by atoms with E-state index in [2.05, 4.69) is 5.32 Å². The molecule has 0 aliphatic heterocycles. The van der Waals surface area contributed by atoms with Gasteiger partial charge in [0.25, 0.3) is 0 Å². The van der Waals surface area contributed by atoms with E-state index in [1.54, 1.807) is 18.2 Å². The van der Waals surface area contributed by atoms with Gasteiger partial charge in [-0.1, -0.05) is 62.4 Å². The number of benzene rings is 3. The average molecular weight is 411 g/mol. The lowest BCUT2D eigenvalue weighted by Crippen LogP contribution is -2.35. The summed E-state index contributed by atoms with van der Waals surface area (Å²) in [5.74, 6) is -0.354. The summed E-state index contributed by atoms with van der Waals surface area (Å²) >= 11 is 0. The van der Waals surface area contributed by atoms with Crippen LogP contribution in [0.25, 0.3) is 10.8 Å². The number of aryl methyl sites for hydroxylation is 2. The molecule has 3 aromatic carbocycles. The number of para-hydroxylation sites is 1. The number of amides is 1. The summed E-state index contributed by atoms with van der Waals surface area (Å²) in [7, 11) is -2.35. The molecular formula is C23H26N2O3S. The van der Waals surface area contributed by atoms with E-state index >= 15 is 0 Å². The third-order valence-electron chi connectivity index (χ3n) is 5.06. The van der Waals surface area contributed by atoms with Crippen LogP contribution in [0.5, 0.6) is 0 Å². The first-order valence-electron chi connectivity index (χ1n) is 9.72. The third kappa shape index (κ3) is 4.49. The Kier molecular flexibility index (Phi) is 6.35. The largest absolute Gasteiger partial charge is 0.324 e. The fraction of sp³-hybridized carbons (Fsp3) is 0.261. The summed E-state index contributed by atoms with van der Waals surface area (Å²) in [4.78, 5) is 12.8. The maximum absolute atomic E-state index is 13.0. The van der Waals surface area contributed by atoms with E-state index in [-0.39, 0.29) is 17.3 Å². The molecule has 0 aliphatic rings. The zero-order valence-electron chi connectivity index (χ0n) is 17.0. The summed E-state index contributed by atoms with van der Waals surface area (Å²) in [5.41, 5.74) is 2.87. The monoisotopic (exact) mass is 410 g/mol. The maximum Gasteiger partial charge on any atom is 0.243 e. The molecule has 3 rings (SSSR count). The molecule has 0 saturated heterocycles. The molecule has 0 aliphatic carbocycles. The molecule has 152 valence electrons. The van der Waals surface area contributed by atoms with Crippen LogP contribution < -0.4 is 5.32 Å². The van der Waals surface area contributed by atoms with Gasteiger partial charge < -0.3 is 5.32 Å². The van der Waals surface area contributed by atoms with E-state index < -0.39 is 10.0 Å². The number of likely N-dealkylation sites (N-methyl/N-ethyl adjacent to an activating group) is 1. The standard InChI is InChI=1S/C23H26N2O3S/c1-4-17-11-8-12-18(5-2)23(17)24-22(26)16-25(3)29(27,28)21-14-13-19-9-6-7-10-20(19)15-21/h6-15H,4-5,16H2,1-3H3,(H,24,26). The van der Waals surface area contributed by atoms with Gasteiger partial charge in [-0.2, -0.15) is 4.31 Å². The normalized spacial score (nSPS) is 11.7. The third-order valence-corrected chi connectivity index (χ3v) is 6.86. The van der Waals surface area contributed by atoms with Crippen molar-refractivity contribution >= 4 is 32.4 Å². The minimum atomic E-state index is -3.78. The zero-order valence-corrected chi connectivity index (χ0v) is 17.8. The van der Waals surface area contributed by atoms with Crippen molar-refractivity contribution in [1.29, 1.82) is 0 Å². The molecule has 0 aromatic heterocycles. The number of hydrogen-bond donors (Lipinski definition) is 1. The van der Waals surface area contributed by atoms with Crippen LogP contribution in [0.15, 0.2) is 65.6 Å². The maximum atomic E-state index is 13.0. The Bertz CT molecular complexity index is 1120. The Morgan fingerprint density at radius 3 is 2.14 bits per heavy atom. The van der Waals surface area contributed by atoms with Gasteiger partial charge in [0.2, 0.25) is 15.9 Å². The summed E-state index contributed by atoms with van der Waals surface area (Å²) < 4.78 is 27.0. The topological polar surface area (TPSA) is 66.5 Å². The van der Waals surface area contributed by atoms with Crippen molar-refractivity contribution in [2.24, 2.45) is 0 Å². The molecule has 1 amide bonds. The second-order valence-electron chi connectivity index (χ2n) is 6.98. The van der Waals surface area contributed by atoms with Crippen LogP contribution >= 0.6 is 0 Å². The van der Waals surface area contributed by atoms with Crippen molar-refractivity contribution in [1.82, 2.24) is 4.31 Å². The Labute approximate surface area is 172 Å². The van der Waals surface area contributed by atoms with Crippen LogP contribution in [0, 0.1) is 0 Å². The zero-order chi connectivity index (χ0) is 21.0. The number of nitrogens with one attached hydrogen (secondary N) is 1. The van der Waals surface area contributed by atoms with E-state index in [4.69, 9.17) is 0 Å². The first-order chi connectivity index (χ1) is 13.9. The molecule has 6 heteroatoms. The second-order valence-corrected chi connectivity index (χ2v) is 9.02. The van der Waals surface area contributed by atoms with Crippen LogP contribution in [0.2, 0.25) is 0 Å². The molecule has 29 heavy (non-hydrogen) atoms. The van der Waals surface area contributed by atoms with Crippen molar-refractivity contribution in [3.63, 3.8) is 0 Å². The number of nitrogens with zero attached hydrogens (tertiary/aromatic N) is 1. The highest BCUT2D eigenvalue weighted by Crippen LogP contribution is 2.24. The van der Waals surface area contributed by atoms with Gasteiger partial charge in [-0.25, -0.2) is 8.42 Å². The van der Waals surface area contributed by atoms with Gasteiger partial charge in [0, 0.05) is 12.7 Å². The highest BCUT2D eigenvalue weighted by molar-refractivity contribution is 7.89. The summed E-state index contributed by atoms with van der Waals surface area (Å²) in [6, 6.07) is 18.5. The van der Waals surface area contributed by atoms with E-state index in [0.717, 1.165) is 44.7 Å². The molecule has 0 fully saturated rings. The van der Waals surface area contributed by atoms with Crippen LogP contribution in [-0.4, -0.2) is 32.2 Å². The van der Waals surface area contributed by atoms with Gasteiger partial charge in [-0.15, -0.1) is 0 Å². The first-order valence-corrected chi connectivity index (χ1v) is 11.2. The molecule has 1 N–H and O–H groups in total. The van der Waals surface area contributed by atoms with Crippen molar-refractivity contribution < 1.29 is 13.2 Å². The number of fused-ring (bicyclic) bond motifs is 1. The van der Waals surface area contributed by atoms with Crippen LogP contribution in [0.3, 0.4) is 0 Å². The lowest BCUT2D eigenvalue weighted by molar-refractivity contribution is -0.116. The van der Waals surface area contributed by atoms with Crippen LogP contribution in [0.1, 0.15) is 25.0 Å². The quantitative estimate of drug-likeness (QED) is 0.634. The molecule has 0 spiro atoms. The Balaban J connectivity index is 1.80. The number of anilines is 1. The smallest absolute Gasteiger partial charge is 0.243 e. The van der Waals surface area contributed by atoms with E-state index in [1.165, 1.54) is 7.05 Å². The van der Waals surface area contributed by atoms with Gasteiger partial charge in [0.05, 0.1) is 11.4 Å². The summed E-state index contributed by atoms with van der Waals surface area (Å²) in [5, 5.41) is 4.73. The van der Waals surface area contributed by atoms with Gasteiger partial charge >= 0.3 is 0 Å². The van der Waals surface area contributed by atoms with Crippen molar-refractivity contribution in [3.8, 4) is 0 Å². The number of rotatable bonds is 7. The second kappa shape index (κ2) is 8.76. The Morgan fingerprint density at radius 1 is 0.897 bits per heavy atom. The van der Waals surface area contributed by atoms with E-state index in [9.17, 15) is 13.2 Å². The SMILES string of the molecule is CCc1cccc(CC)c1NC(=O)CN(C)S(=O)(=O)c1ccc2ccccc2c1. The number of carbonyl (C=O) groups excluding carboxylic acids is 1. The minimum Gasteiger partial charge on any atom is -0.324 e. The predicted octanol–water partition coefficient (Wildman–Crippen LogP) is 4.22. The lowest BCUT2D eigenvalue weighted by atomic mass is 10.0. The molecule has 0 saturated carbocycles.